The highest BCUT2D eigenvalue weighted by Gasteiger charge is 2.20. The summed E-state index contributed by atoms with van der Waals surface area (Å²) in [6.45, 7) is 7.19. The second-order valence-corrected chi connectivity index (χ2v) is 5.29. The average molecular weight is 282 g/mol. The maximum absolute atomic E-state index is 9.97. The van der Waals surface area contributed by atoms with E-state index in [-0.39, 0.29) is 0 Å². The summed E-state index contributed by atoms with van der Waals surface area (Å²) in [6, 6.07) is 4.11. The molecule has 1 aromatic carbocycles. The van der Waals surface area contributed by atoms with Crippen molar-refractivity contribution < 1.29 is 9.84 Å². The van der Waals surface area contributed by atoms with E-state index in [1.165, 1.54) is 11.1 Å². The lowest BCUT2D eigenvalue weighted by Crippen LogP contribution is -2.05. The molecule has 1 atom stereocenters. The van der Waals surface area contributed by atoms with Gasteiger partial charge in [-0.2, -0.15) is 0 Å². The van der Waals surface area contributed by atoms with Crippen molar-refractivity contribution in [2.45, 2.75) is 33.4 Å². The molecule has 0 saturated heterocycles. The van der Waals surface area contributed by atoms with Crippen molar-refractivity contribution in [2.75, 3.05) is 13.7 Å². The van der Waals surface area contributed by atoms with Gasteiger partial charge in [0.2, 0.25) is 0 Å². The molecule has 19 heavy (non-hydrogen) atoms. The first-order valence-corrected chi connectivity index (χ1v) is 6.81. The molecule has 0 amide bonds. The van der Waals surface area contributed by atoms with Gasteiger partial charge in [0, 0.05) is 24.6 Å². The van der Waals surface area contributed by atoms with Crippen molar-refractivity contribution in [2.24, 2.45) is 0 Å². The largest absolute Gasteiger partial charge is 0.389 e. The molecule has 0 radical (unpaired) electrons. The third kappa shape index (κ3) is 2.38. The molecule has 0 aliphatic carbocycles. The maximum Gasteiger partial charge on any atom is 0.115 e. The molecule has 0 spiro atoms. The summed E-state index contributed by atoms with van der Waals surface area (Å²) in [4.78, 5) is 0. The fraction of sp³-hybridized carbons (Fsp3) is 0.467. The highest BCUT2D eigenvalue weighted by atomic mass is 35.5. The molecule has 2 rings (SSSR count). The number of nitrogens with zero attached hydrogens (tertiary/aromatic N) is 1. The van der Waals surface area contributed by atoms with Crippen LogP contribution in [-0.4, -0.2) is 23.4 Å². The second-order valence-electron chi connectivity index (χ2n) is 4.93. The summed E-state index contributed by atoms with van der Waals surface area (Å²) in [6.07, 6.45) is -0.582. The predicted molar refractivity (Wildman–Crippen MR) is 78.9 cm³/mol. The van der Waals surface area contributed by atoms with Gasteiger partial charge < -0.3 is 14.4 Å². The van der Waals surface area contributed by atoms with E-state index in [9.17, 15) is 5.11 Å². The zero-order valence-corrected chi connectivity index (χ0v) is 12.6. The first kappa shape index (κ1) is 14.4. The van der Waals surface area contributed by atoms with Crippen LogP contribution in [0.1, 0.15) is 29.7 Å². The zero-order chi connectivity index (χ0) is 14.2. The third-order valence-corrected chi connectivity index (χ3v) is 4.07. The molecule has 3 nitrogen and oxygen atoms in total. The Morgan fingerprint density at radius 2 is 2.05 bits per heavy atom. The molecule has 0 fully saturated rings. The normalized spacial score (nSPS) is 13.2. The van der Waals surface area contributed by atoms with E-state index in [2.05, 4.69) is 19.9 Å². The van der Waals surface area contributed by atoms with Gasteiger partial charge >= 0.3 is 0 Å². The van der Waals surface area contributed by atoms with Crippen LogP contribution in [0.15, 0.2) is 12.1 Å². The van der Waals surface area contributed by atoms with Gasteiger partial charge in [-0.15, -0.1) is 0 Å². The number of fused-ring (bicyclic) bond motifs is 1. The minimum atomic E-state index is -0.582. The molecule has 0 aliphatic heterocycles. The number of aliphatic hydroxyl groups excluding tert-OH is 1. The first-order valence-electron chi connectivity index (χ1n) is 6.43. The van der Waals surface area contributed by atoms with Gasteiger partial charge in [0.1, 0.15) is 5.15 Å². The quantitative estimate of drug-likeness (QED) is 0.929. The summed E-state index contributed by atoms with van der Waals surface area (Å²) < 4.78 is 7.18. The third-order valence-electron chi connectivity index (χ3n) is 3.66. The SMILES string of the molecule is COCCn1c(Cl)c(C(C)O)c2ccc(C)c(C)c21. The number of aromatic nitrogens is 1. The lowest BCUT2D eigenvalue weighted by Gasteiger charge is -2.09. The minimum absolute atomic E-state index is 0.582. The number of aryl methyl sites for hydroxylation is 2. The van der Waals surface area contributed by atoms with Gasteiger partial charge in [-0.1, -0.05) is 23.7 Å². The van der Waals surface area contributed by atoms with E-state index >= 15 is 0 Å². The van der Waals surface area contributed by atoms with E-state index in [1.807, 2.05) is 10.6 Å². The molecule has 104 valence electrons. The zero-order valence-electron chi connectivity index (χ0n) is 11.8. The Bertz CT molecular complexity index is 602. The van der Waals surface area contributed by atoms with Crippen LogP contribution in [0.4, 0.5) is 0 Å². The summed E-state index contributed by atoms with van der Waals surface area (Å²) in [5.74, 6) is 0. The molecular weight excluding hydrogens is 262 g/mol. The summed E-state index contributed by atoms with van der Waals surface area (Å²) in [5.41, 5.74) is 4.31. The number of hydrogen-bond donors (Lipinski definition) is 1. The molecule has 1 heterocycles. The van der Waals surface area contributed by atoms with Crippen molar-refractivity contribution in [3.8, 4) is 0 Å². The van der Waals surface area contributed by atoms with Crippen LogP contribution in [0, 0.1) is 13.8 Å². The lowest BCUT2D eigenvalue weighted by molar-refractivity contribution is 0.187. The van der Waals surface area contributed by atoms with E-state index in [0.717, 1.165) is 16.5 Å². The summed E-state index contributed by atoms with van der Waals surface area (Å²) in [7, 11) is 1.67. The molecule has 0 bridgehead atoms. The fourth-order valence-corrected chi connectivity index (χ4v) is 2.94. The van der Waals surface area contributed by atoms with Crippen molar-refractivity contribution in [1.82, 2.24) is 4.57 Å². The van der Waals surface area contributed by atoms with Crippen LogP contribution in [0.2, 0.25) is 5.15 Å². The molecule has 1 aromatic heterocycles. The minimum Gasteiger partial charge on any atom is -0.389 e. The Hall–Kier alpha value is -1.03. The maximum atomic E-state index is 9.97. The predicted octanol–water partition coefficient (Wildman–Crippen LogP) is 3.61. The van der Waals surface area contributed by atoms with Crippen LogP contribution < -0.4 is 0 Å². The van der Waals surface area contributed by atoms with Crippen LogP contribution in [0.25, 0.3) is 10.9 Å². The summed E-state index contributed by atoms with van der Waals surface area (Å²) in [5, 5.41) is 11.6. The van der Waals surface area contributed by atoms with Gasteiger partial charge in [0.05, 0.1) is 18.2 Å². The number of methoxy groups -OCH3 is 1. The van der Waals surface area contributed by atoms with Crippen molar-refractivity contribution in [1.29, 1.82) is 0 Å². The smallest absolute Gasteiger partial charge is 0.115 e. The number of aliphatic hydroxyl groups is 1. The molecule has 0 aliphatic rings. The van der Waals surface area contributed by atoms with Crippen molar-refractivity contribution >= 4 is 22.5 Å². The Morgan fingerprint density at radius 3 is 2.63 bits per heavy atom. The number of rotatable bonds is 4. The molecule has 1 N–H and O–H groups in total. The van der Waals surface area contributed by atoms with Gasteiger partial charge in [-0.25, -0.2) is 0 Å². The Balaban J connectivity index is 2.77. The van der Waals surface area contributed by atoms with Crippen LogP contribution in [-0.2, 0) is 11.3 Å². The van der Waals surface area contributed by atoms with Crippen molar-refractivity contribution in [3.63, 3.8) is 0 Å². The Labute approximate surface area is 118 Å². The summed E-state index contributed by atoms with van der Waals surface area (Å²) >= 11 is 6.45. The van der Waals surface area contributed by atoms with E-state index < -0.39 is 6.10 Å². The highest BCUT2D eigenvalue weighted by molar-refractivity contribution is 6.32. The van der Waals surface area contributed by atoms with Gasteiger partial charge in [0.15, 0.2) is 0 Å². The molecule has 4 heteroatoms. The van der Waals surface area contributed by atoms with Gasteiger partial charge in [-0.05, 0) is 31.9 Å². The van der Waals surface area contributed by atoms with Crippen molar-refractivity contribution in [3.05, 3.63) is 34.0 Å². The number of benzene rings is 1. The highest BCUT2D eigenvalue weighted by Crippen LogP contribution is 2.36. The number of ether oxygens (including phenoxy) is 1. The lowest BCUT2D eigenvalue weighted by atomic mass is 10.0. The topological polar surface area (TPSA) is 34.4 Å². The molecule has 0 saturated carbocycles. The van der Waals surface area contributed by atoms with E-state index in [4.69, 9.17) is 16.3 Å². The van der Waals surface area contributed by atoms with E-state index in [1.54, 1.807) is 14.0 Å². The Morgan fingerprint density at radius 1 is 1.37 bits per heavy atom. The number of halogens is 1. The molecule has 2 aromatic rings. The standard InChI is InChI=1S/C15H20ClNO2/c1-9-5-6-12-13(11(3)18)15(16)17(7-8-19-4)14(12)10(9)2/h5-6,11,18H,7-8H2,1-4H3. The first-order chi connectivity index (χ1) is 8.99. The molecule has 1 unspecified atom stereocenters. The average Bonchev–Trinajstić information content (AvgIpc) is 2.64. The fourth-order valence-electron chi connectivity index (χ4n) is 2.51. The van der Waals surface area contributed by atoms with Crippen LogP contribution in [0.3, 0.4) is 0 Å². The van der Waals surface area contributed by atoms with Crippen LogP contribution in [0.5, 0.6) is 0 Å². The van der Waals surface area contributed by atoms with Gasteiger partial charge in [0.25, 0.3) is 0 Å². The second kappa shape index (κ2) is 5.53. The van der Waals surface area contributed by atoms with Crippen LogP contribution >= 0.6 is 11.6 Å². The number of hydrogen-bond acceptors (Lipinski definition) is 2. The van der Waals surface area contributed by atoms with Gasteiger partial charge in [-0.3, -0.25) is 0 Å². The van der Waals surface area contributed by atoms with E-state index in [0.29, 0.717) is 18.3 Å². The Kier molecular flexibility index (Phi) is 4.19. The molecular formula is C15H20ClNO2. The monoisotopic (exact) mass is 281 g/mol.